The molecule has 2 amide bonds. The molecule has 7 fully saturated rings. The average molecular weight is 1160 g/mol. The van der Waals surface area contributed by atoms with Gasteiger partial charge in [0.1, 0.15) is 59.4 Å². The molecular weight excluding hydrogens is 1090 g/mol. The fourth-order valence-corrected chi connectivity index (χ4v) is 16.5. The number of carbonyl (C=O) groups is 1. The average Bonchev–Trinajstić information content (AvgIpc) is 1.86. The van der Waals surface area contributed by atoms with Crippen LogP contribution in [0.4, 0.5) is 25.2 Å². The number of H-pyrrole nitrogens is 1. The normalized spacial score (nSPS) is 23.9. The number of halogens is 2. The standard InChI is InChI=1S/C66H69F2N15O3/c1-39-11-3-12-41-13-4-16-45(50(39)41)54-52(67)57-48(32-69-54)60(81-27-7-21-64(35-81)34-71-61(84)78-64)77-63(75-57)86-37-66-24-10-30-83(66)49(20-25-66)43-19-18-40(2)51-44(43)15-5-17-46(51)55-53(68)56-47(31-70-55)59(80-26-6-14-42(33-80)58-72-38-73-79-58)76-62(74-56)85-36-65-22-8-28-82(65)29-9-23-65/h3-5,11-13,15-19,31-32,38,42,49H,6-10,14,20-30,33-37H2,1-2H3,(H2,71,78,84)(H,72,73,79). The summed E-state index contributed by atoms with van der Waals surface area (Å²) in [6, 6.07) is 22.6. The first kappa shape index (κ1) is 53.3. The number of fused-ring (bicyclic) bond motifs is 6. The van der Waals surface area contributed by atoms with Crippen LogP contribution < -0.4 is 29.9 Å². The molecule has 0 bridgehead atoms. The second-order valence-corrected chi connectivity index (χ2v) is 25.5. The summed E-state index contributed by atoms with van der Waals surface area (Å²) < 4.78 is 49.1. The van der Waals surface area contributed by atoms with Gasteiger partial charge in [0.25, 0.3) is 0 Å². The molecule has 7 aliphatic rings. The summed E-state index contributed by atoms with van der Waals surface area (Å²) in [4.78, 5) is 56.4. The fourth-order valence-electron chi connectivity index (χ4n) is 16.5. The lowest BCUT2D eigenvalue weighted by Crippen LogP contribution is -2.56. The maximum absolute atomic E-state index is 18.0. The van der Waals surface area contributed by atoms with E-state index in [1.165, 1.54) is 5.56 Å². The summed E-state index contributed by atoms with van der Waals surface area (Å²) in [6.07, 6.45) is 16.5. The SMILES string of the molecule is Cc1cccc2cccc(-c3ncc4c(N5CCCC6(CNC(=O)N6)C5)nc(OCC56CCCN5C(c5ccc(C)c7c(-c8ncc9c(N%10CCCC(c%11ncn[nH]%11)C%10)nc(OCC%10%11CCCN%10CCC%11)nc9c8F)cccc57)CC6)nc4c3F)c12. The Bertz CT molecular complexity index is 4170. The molecule has 4 atom stereocenters. The van der Waals surface area contributed by atoms with Crippen molar-refractivity contribution in [2.75, 3.05) is 75.4 Å². The Kier molecular flexibility index (Phi) is 12.8. The highest BCUT2D eigenvalue weighted by Crippen LogP contribution is 2.52. The van der Waals surface area contributed by atoms with Crippen LogP contribution in [0, 0.1) is 25.5 Å². The van der Waals surface area contributed by atoms with Crippen LogP contribution in [-0.2, 0) is 0 Å². The van der Waals surface area contributed by atoms with E-state index in [0.717, 1.165) is 142 Å². The van der Waals surface area contributed by atoms with E-state index in [1.54, 1.807) is 18.7 Å². The Hall–Kier alpha value is -8.23. The third-order valence-electron chi connectivity index (χ3n) is 20.6. The van der Waals surface area contributed by atoms with E-state index in [2.05, 4.69) is 70.5 Å². The van der Waals surface area contributed by atoms with Gasteiger partial charge in [0.15, 0.2) is 11.6 Å². The molecule has 7 saturated heterocycles. The van der Waals surface area contributed by atoms with Crippen LogP contribution in [0.5, 0.6) is 12.0 Å². The Labute approximate surface area is 496 Å². The molecular formula is C66H69F2N15O3. The lowest BCUT2D eigenvalue weighted by molar-refractivity contribution is 0.0849. The third kappa shape index (κ3) is 8.77. The molecule has 0 aliphatic carbocycles. The highest BCUT2D eigenvalue weighted by Gasteiger charge is 2.51. The van der Waals surface area contributed by atoms with Crippen molar-refractivity contribution in [3.8, 4) is 34.5 Å². The van der Waals surface area contributed by atoms with Crippen molar-refractivity contribution in [1.82, 2.24) is 65.5 Å². The van der Waals surface area contributed by atoms with E-state index in [9.17, 15) is 4.79 Å². The molecule has 0 saturated carbocycles. The van der Waals surface area contributed by atoms with Gasteiger partial charge in [-0.3, -0.25) is 24.9 Å². The quantitative estimate of drug-likeness (QED) is 0.105. The van der Waals surface area contributed by atoms with Crippen LogP contribution in [0.3, 0.4) is 0 Å². The highest BCUT2D eigenvalue weighted by molar-refractivity contribution is 6.03. The summed E-state index contributed by atoms with van der Waals surface area (Å²) in [5, 5.41) is 18.3. The number of pyridine rings is 2. The van der Waals surface area contributed by atoms with Gasteiger partial charge < -0.3 is 29.9 Å². The van der Waals surface area contributed by atoms with Crippen molar-refractivity contribution in [3.63, 3.8) is 0 Å². The van der Waals surface area contributed by atoms with E-state index in [4.69, 9.17) is 39.4 Å². The minimum atomic E-state index is -0.540. The van der Waals surface area contributed by atoms with Gasteiger partial charge >= 0.3 is 18.1 Å². The molecule has 1 spiro atoms. The maximum Gasteiger partial charge on any atom is 0.319 e. The zero-order valence-electron chi connectivity index (χ0n) is 48.6. The van der Waals surface area contributed by atoms with Crippen LogP contribution >= 0.6 is 0 Å². The minimum Gasteiger partial charge on any atom is -0.461 e. The number of carbonyl (C=O) groups excluding carboxylic acids is 1. The second kappa shape index (κ2) is 20.7. The van der Waals surface area contributed by atoms with Crippen molar-refractivity contribution in [2.45, 2.75) is 119 Å². The first-order valence-electron chi connectivity index (χ1n) is 31.0. The predicted molar refractivity (Wildman–Crippen MR) is 326 cm³/mol. The molecule has 86 heavy (non-hydrogen) atoms. The van der Waals surface area contributed by atoms with Crippen LogP contribution in [-0.4, -0.2) is 143 Å². The molecule has 20 heteroatoms. The number of piperidine rings is 2. The largest absolute Gasteiger partial charge is 0.461 e. The van der Waals surface area contributed by atoms with Crippen molar-refractivity contribution in [1.29, 1.82) is 0 Å². The molecule has 0 radical (unpaired) electrons. The number of aromatic amines is 1. The summed E-state index contributed by atoms with van der Waals surface area (Å²) in [6.45, 7) is 10.9. The van der Waals surface area contributed by atoms with Crippen LogP contribution in [0.25, 0.3) is 65.9 Å². The Morgan fingerprint density at radius 2 is 1.29 bits per heavy atom. The van der Waals surface area contributed by atoms with E-state index in [0.29, 0.717) is 72.9 Å². The summed E-state index contributed by atoms with van der Waals surface area (Å²) in [7, 11) is 0. The molecule has 4 unspecified atom stereocenters. The van der Waals surface area contributed by atoms with E-state index in [1.807, 2.05) is 55.5 Å². The number of anilines is 2. The highest BCUT2D eigenvalue weighted by atomic mass is 19.1. The molecule has 5 aromatic heterocycles. The number of aryl methyl sites for hydroxylation is 2. The number of rotatable bonds is 12. The van der Waals surface area contributed by atoms with Crippen molar-refractivity contribution in [2.24, 2.45) is 0 Å². The van der Waals surface area contributed by atoms with Gasteiger partial charge in [-0.05, 0) is 149 Å². The van der Waals surface area contributed by atoms with E-state index >= 15 is 8.78 Å². The summed E-state index contributed by atoms with van der Waals surface area (Å²) in [5.41, 5.74) is 4.47. The molecule has 9 aromatic rings. The number of aromatic nitrogens is 9. The number of nitrogens with zero attached hydrogens (tertiary/aromatic N) is 12. The molecule has 3 N–H and O–H groups in total. The van der Waals surface area contributed by atoms with Crippen molar-refractivity contribution in [3.05, 3.63) is 120 Å². The van der Waals surface area contributed by atoms with Gasteiger partial charge in [0.05, 0.1) is 27.4 Å². The lowest BCUT2D eigenvalue weighted by atomic mass is 9.90. The Morgan fingerprint density at radius 3 is 2.01 bits per heavy atom. The number of amides is 2. The van der Waals surface area contributed by atoms with Gasteiger partial charge in [-0.25, -0.2) is 18.6 Å². The van der Waals surface area contributed by atoms with Crippen molar-refractivity contribution < 1.29 is 23.0 Å². The second-order valence-electron chi connectivity index (χ2n) is 25.5. The molecule has 12 heterocycles. The fraction of sp³-hybridized carbons (Fsp3) is 0.439. The zero-order chi connectivity index (χ0) is 57.9. The van der Waals surface area contributed by atoms with Gasteiger partial charge in [-0.15, -0.1) is 0 Å². The van der Waals surface area contributed by atoms with E-state index in [-0.39, 0.29) is 63.5 Å². The molecule has 18 nitrogen and oxygen atoms in total. The number of benzene rings is 4. The number of urea groups is 1. The number of nitrogens with one attached hydrogen (secondary N) is 3. The Balaban J connectivity index is 0.733. The van der Waals surface area contributed by atoms with Crippen LogP contribution in [0.1, 0.15) is 112 Å². The van der Waals surface area contributed by atoms with Crippen LogP contribution in [0.15, 0.2) is 85.5 Å². The van der Waals surface area contributed by atoms with E-state index < -0.39 is 17.2 Å². The Morgan fingerprint density at radius 1 is 0.640 bits per heavy atom. The van der Waals surface area contributed by atoms with Gasteiger partial charge in [0, 0.05) is 68.2 Å². The molecule has 440 valence electrons. The molecule has 7 aliphatic heterocycles. The molecule has 16 rings (SSSR count). The number of ether oxygens (including phenoxy) is 2. The smallest absolute Gasteiger partial charge is 0.319 e. The predicted octanol–water partition coefficient (Wildman–Crippen LogP) is 10.8. The van der Waals surface area contributed by atoms with Gasteiger partial charge in [0.2, 0.25) is 0 Å². The van der Waals surface area contributed by atoms with Crippen LogP contribution in [0.2, 0.25) is 0 Å². The first-order chi connectivity index (χ1) is 42.0. The summed E-state index contributed by atoms with van der Waals surface area (Å²) >= 11 is 0. The first-order valence-corrected chi connectivity index (χ1v) is 31.0. The molecule has 4 aromatic carbocycles. The number of hydrogen-bond acceptors (Lipinski definition) is 15. The summed E-state index contributed by atoms with van der Waals surface area (Å²) in [5.74, 6) is 1.03. The number of hydrogen-bond donors (Lipinski definition) is 3. The minimum absolute atomic E-state index is 0.0346. The van der Waals surface area contributed by atoms with Gasteiger partial charge in [-0.1, -0.05) is 66.7 Å². The monoisotopic (exact) mass is 1160 g/mol. The topological polar surface area (TPSA) is 191 Å². The third-order valence-corrected chi connectivity index (χ3v) is 20.6. The van der Waals surface area contributed by atoms with Crippen molar-refractivity contribution >= 4 is 61.0 Å². The zero-order valence-corrected chi connectivity index (χ0v) is 48.6. The van der Waals surface area contributed by atoms with Gasteiger partial charge in [-0.2, -0.15) is 25.0 Å². The lowest BCUT2D eigenvalue weighted by Gasteiger charge is -2.40. The maximum atomic E-state index is 18.0.